The van der Waals surface area contributed by atoms with Gasteiger partial charge in [0.25, 0.3) is 0 Å². The van der Waals surface area contributed by atoms with Crippen LogP contribution in [0.1, 0.15) is 13.8 Å². The van der Waals surface area contributed by atoms with E-state index in [4.69, 9.17) is 0 Å². The highest BCUT2D eigenvalue weighted by atomic mass is 16.2. The molecule has 5 heteroatoms. The summed E-state index contributed by atoms with van der Waals surface area (Å²) >= 11 is 0. The van der Waals surface area contributed by atoms with E-state index in [1.165, 1.54) is 0 Å². The molecule has 0 saturated carbocycles. The first kappa shape index (κ1) is 17.5. The van der Waals surface area contributed by atoms with Crippen molar-refractivity contribution in [3.63, 3.8) is 0 Å². The van der Waals surface area contributed by atoms with Crippen molar-refractivity contribution in [2.45, 2.75) is 19.9 Å². The number of hydrogen-bond donors (Lipinski definition) is 2. The predicted molar refractivity (Wildman–Crippen MR) is 101 cm³/mol. The van der Waals surface area contributed by atoms with Gasteiger partial charge in [-0.1, -0.05) is 18.2 Å². The minimum Gasteiger partial charge on any atom is -0.374 e. The van der Waals surface area contributed by atoms with E-state index in [1.807, 2.05) is 87.4 Å². The second-order valence-corrected chi connectivity index (χ2v) is 5.82. The Balaban J connectivity index is 1.95. The maximum atomic E-state index is 12.3. The highest BCUT2D eigenvalue weighted by molar-refractivity contribution is 5.96. The summed E-state index contributed by atoms with van der Waals surface area (Å²) in [7, 11) is 3.91. The van der Waals surface area contributed by atoms with E-state index < -0.39 is 0 Å². The Kier molecular flexibility index (Phi) is 5.95. The molecule has 0 heterocycles. The number of nitrogens with one attached hydrogen (secondary N) is 2. The predicted octanol–water partition coefficient (Wildman–Crippen LogP) is 3.74. The molecule has 126 valence electrons. The van der Waals surface area contributed by atoms with Crippen LogP contribution in [0, 0.1) is 0 Å². The van der Waals surface area contributed by atoms with Crippen molar-refractivity contribution in [3.05, 3.63) is 54.6 Å². The number of para-hydroxylation sites is 1. The fourth-order valence-corrected chi connectivity index (χ4v) is 2.01. The first-order valence-corrected chi connectivity index (χ1v) is 7.91. The van der Waals surface area contributed by atoms with Gasteiger partial charge in [-0.2, -0.15) is 0 Å². The number of carbonyl (C=O) groups excluding carboxylic acids is 1. The number of anilines is 2. The summed E-state index contributed by atoms with van der Waals surface area (Å²) in [5.74, 6) is 0.840. The Hall–Kier alpha value is -2.82. The molecule has 0 radical (unpaired) electrons. The van der Waals surface area contributed by atoms with Crippen LogP contribution in [0.5, 0.6) is 0 Å². The standard InChI is InChI=1S/C19H24N4O/c1-14(20-16-8-6-5-7-9-16)19(24)22-18-12-10-17(11-13-18)21-15(2)23(3)4/h5-14,20H,1-4H3,(H,22,24). The molecule has 0 fully saturated rings. The van der Waals surface area contributed by atoms with E-state index in [2.05, 4.69) is 15.6 Å². The third kappa shape index (κ3) is 5.12. The topological polar surface area (TPSA) is 56.7 Å². The maximum absolute atomic E-state index is 12.3. The monoisotopic (exact) mass is 324 g/mol. The molecule has 0 aliphatic heterocycles. The van der Waals surface area contributed by atoms with Crippen molar-refractivity contribution in [1.82, 2.24) is 4.90 Å². The normalized spacial score (nSPS) is 12.4. The fourth-order valence-electron chi connectivity index (χ4n) is 2.01. The smallest absolute Gasteiger partial charge is 0.246 e. The van der Waals surface area contributed by atoms with Crippen molar-refractivity contribution in [2.24, 2.45) is 4.99 Å². The first-order valence-electron chi connectivity index (χ1n) is 7.91. The summed E-state index contributed by atoms with van der Waals surface area (Å²) in [6, 6.07) is 16.8. The zero-order valence-electron chi connectivity index (χ0n) is 14.6. The van der Waals surface area contributed by atoms with Crippen LogP contribution in [0.25, 0.3) is 0 Å². The van der Waals surface area contributed by atoms with Crippen LogP contribution >= 0.6 is 0 Å². The summed E-state index contributed by atoms with van der Waals surface area (Å²) in [5.41, 5.74) is 2.53. The van der Waals surface area contributed by atoms with Crippen LogP contribution in [0.15, 0.2) is 59.6 Å². The summed E-state index contributed by atoms with van der Waals surface area (Å²) < 4.78 is 0. The third-order valence-electron chi connectivity index (χ3n) is 3.62. The van der Waals surface area contributed by atoms with Crippen molar-refractivity contribution < 1.29 is 4.79 Å². The Morgan fingerprint density at radius 2 is 1.62 bits per heavy atom. The molecule has 2 rings (SSSR count). The van der Waals surface area contributed by atoms with Crippen LogP contribution in [0.4, 0.5) is 17.1 Å². The fraction of sp³-hybridized carbons (Fsp3) is 0.263. The minimum atomic E-state index is -0.332. The van der Waals surface area contributed by atoms with Gasteiger partial charge >= 0.3 is 0 Å². The lowest BCUT2D eigenvalue weighted by molar-refractivity contribution is -0.116. The van der Waals surface area contributed by atoms with Crippen LogP contribution in [-0.4, -0.2) is 36.8 Å². The van der Waals surface area contributed by atoms with Gasteiger partial charge in [0.15, 0.2) is 0 Å². The zero-order valence-corrected chi connectivity index (χ0v) is 14.6. The van der Waals surface area contributed by atoms with Crippen molar-refractivity contribution in [3.8, 4) is 0 Å². The van der Waals surface area contributed by atoms with E-state index in [1.54, 1.807) is 0 Å². The summed E-state index contributed by atoms with van der Waals surface area (Å²) in [6.45, 7) is 3.79. The lowest BCUT2D eigenvalue weighted by atomic mass is 10.2. The number of rotatable bonds is 5. The molecule has 0 bridgehead atoms. The molecule has 0 saturated heterocycles. The van der Waals surface area contributed by atoms with Crippen molar-refractivity contribution >= 4 is 28.8 Å². The van der Waals surface area contributed by atoms with Crippen molar-refractivity contribution in [1.29, 1.82) is 0 Å². The molecule has 0 spiro atoms. The van der Waals surface area contributed by atoms with Gasteiger partial charge in [-0.15, -0.1) is 0 Å². The van der Waals surface area contributed by atoms with Gasteiger partial charge in [-0.05, 0) is 50.2 Å². The number of aliphatic imine (C=N–C) groups is 1. The summed E-state index contributed by atoms with van der Waals surface area (Å²) in [5, 5.41) is 6.08. The lowest BCUT2D eigenvalue weighted by Gasteiger charge is -2.15. The number of amidine groups is 1. The Labute approximate surface area is 143 Å². The Morgan fingerprint density at radius 1 is 1.00 bits per heavy atom. The van der Waals surface area contributed by atoms with Gasteiger partial charge in [0.2, 0.25) is 5.91 Å². The zero-order chi connectivity index (χ0) is 17.5. The van der Waals surface area contributed by atoms with Crippen molar-refractivity contribution in [2.75, 3.05) is 24.7 Å². The molecule has 1 atom stereocenters. The van der Waals surface area contributed by atoms with Gasteiger partial charge in [0.1, 0.15) is 11.9 Å². The maximum Gasteiger partial charge on any atom is 0.246 e. The molecule has 1 amide bonds. The number of benzene rings is 2. The lowest BCUT2D eigenvalue weighted by Crippen LogP contribution is -2.31. The van der Waals surface area contributed by atoms with E-state index in [-0.39, 0.29) is 11.9 Å². The largest absolute Gasteiger partial charge is 0.374 e. The minimum absolute atomic E-state index is 0.0837. The van der Waals surface area contributed by atoms with Gasteiger partial charge < -0.3 is 15.5 Å². The van der Waals surface area contributed by atoms with Crippen LogP contribution in [-0.2, 0) is 4.79 Å². The molecule has 2 aromatic carbocycles. The SMILES string of the molecule is CC(=Nc1ccc(NC(=O)C(C)Nc2ccccc2)cc1)N(C)C. The Morgan fingerprint density at radius 3 is 2.21 bits per heavy atom. The molecule has 24 heavy (non-hydrogen) atoms. The van der Waals surface area contributed by atoms with E-state index in [0.717, 1.165) is 22.9 Å². The molecule has 0 aliphatic rings. The highest BCUT2D eigenvalue weighted by Gasteiger charge is 2.12. The van der Waals surface area contributed by atoms with Crippen LogP contribution in [0.2, 0.25) is 0 Å². The molecular weight excluding hydrogens is 300 g/mol. The van der Waals surface area contributed by atoms with Gasteiger partial charge in [-0.25, -0.2) is 4.99 Å². The average Bonchev–Trinajstić information content (AvgIpc) is 2.57. The summed E-state index contributed by atoms with van der Waals surface area (Å²) in [4.78, 5) is 18.7. The average molecular weight is 324 g/mol. The number of nitrogens with zero attached hydrogens (tertiary/aromatic N) is 2. The Bertz CT molecular complexity index is 693. The number of hydrogen-bond acceptors (Lipinski definition) is 3. The molecule has 5 nitrogen and oxygen atoms in total. The van der Waals surface area contributed by atoms with E-state index in [0.29, 0.717) is 0 Å². The van der Waals surface area contributed by atoms with Gasteiger partial charge in [-0.3, -0.25) is 4.79 Å². The van der Waals surface area contributed by atoms with Crippen LogP contribution in [0.3, 0.4) is 0 Å². The van der Waals surface area contributed by atoms with Gasteiger partial charge in [0, 0.05) is 25.5 Å². The molecule has 1 unspecified atom stereocenters. The van der Waals surface area contributed by atoms with Crippen LogP contribution < -0.4 is 10.6 Å². The number of amides is 1. The molecule has 2 N–H and O–H groups in total. The van der Waals surface area contributed by atoms with E-state index >= 15 is 0 Å². The molecular formula is C19H24N4O. The third-order valence-corrected chi connectivity index (χ3v) is 3.62. The quantitative estimate of drug-likeness (QED) is 0.651. The van der Waals surface area contributed by atoms with E-state index in [9.17, 15) is 4.79 Å². The molecule has 0 aliphatic carbocycles. The highest BCUT2D eigenvalue weighted by Crippen LogP contribution is 2.17. The summed E-state index contributed by atoms with van der Waals surface area (Å²) in [6.07, 6.45) is 0. The number of carbonyl (C=O) groups is 1. The molecule has 2 aromatic rings. The second kappa shape index (κ2) is 8.15. The first-order chi connectivity index (χ1) is 11.5. The molecule has 0 aromatic heterocycles. The second-order valence-electron chi connectivity index (χ2n) is 5.82. The van der Waals surface area contributed by atoms with Gasteiger partial charge in [0.05, 0.1) is 5.69 Å².